The molecular formula is C16H22ClN5O2. The summed E-state index contributed by atoms with van der Waals surface area (Å²) >= 11 is 0. The summed E-state index contributed by atoms with van der Waals surface area (Å²) in [6, 6.07) is 6.88. The fraction of sp³-hybridized carbons (Fsp3) is 0.438. The molecule has 1 aliphatic carbocycles. The Kier molecular flexibility index (Phi) is 5.46. The first kappa shape index (κ1) is 18.2. The molecule has 3 rings (SSSR count). The van der Waals surface area contributed by atoms with Gasteiger partial charge in [0.1, 0.15) is 0 Å². The van der Waals surface area contributed by atoms with Crippen LogP contribution in [0.4, 0.5) is 4.79 Å². The molecule has 1 fully saturated rings. The van der Waals surface area contributed by atoms with Crippen LogP contribution in [0.25, 0.3) is 0 Å². The van der Waals surface area contributed by atoms with Gasteiger partial charge in [0.15, 0.2) is 5.82 Å². The number of benzene rings is 1. The van der Waals surface area contributed by atoms with E-state index < -0.39 is 11.6 Å². The number of urea groups is 1. The van der Waals surface area contributed by atoms with Crippen molar-refractivity contribution in [2.24, 2.45) is 11.5 Å². The van der Waals surface area contributed by atoms with E-state index in [2.05, 4.69) is 15.5 Å². The molecule has 7 nitrogen and oxygen atoms in total. The molecule has 130 valence electrons. The number of nitrogens with one attached hydrogen (secondary N) is 1. The van der Waals surface area contributed by atoms with Gasteiger partial charge in [-0.25, -0.2) is 4.79 Å². The predicted molar refractivity (Wildman–Crippen MR) is 91.6 cm³/mol. The number of rotatable bonds is 5. The number of nitrogens with two attached hydrogens (primary N) is 2. The number of amides is 2. The van der Waals surface area contributed by atoms with Crippen molar-refractivity contribution in [1.29, 1.82) is 0 Å². The number of aryl methyl sites for hydroxylation is 1. The molecule has 5 N–H and O–H groups in total. The molecule has 8 heteroatoms. The van der Waals surface area contributed by atoms with Crippen molar-refractivity contribution in [2.45, 2.75) is 44.2 Å². The highest BCUT2D eigenvalue weighted by atomic mass is 35.5. The number of carbonyl (C=O) groups excluding carboxylic acids is 1. The first-order chi connectivity index (χ1) is 11.0. The largest absolute Gasteiger partial charge is 0.352 e. The maximum absolute atomic E-state index is 11.3. The van der Waals surface area contributed by atoms with E-state index in [0.717, 1.165) is 30.4 Å². The molecule has 2 aromatic rings. The van der Waals surface area contributed by atoms with E-state index in [-0.39, 0.29) is 18.4 Å². The van der Waals surface area contributed by atoms with Gasteiger partial charge >= 0.3 is 6.03 Å². The minimum Gasteiger partial charge on any atom is -0.352 e. The van der Waals surface area contributed by atoms with E-state index in [1.807, 2.05) is 31.2 Å². The Balaban J connectivity index is 0.00000208. The average molecular weight is 352 g/mol. The summed E-state index contributed by atoms with van der Waals surface area (Å²) in [5.74, 6) is 0.986. The summed E-state index contributed by atoms with van der Waals surface area (Å²) in [5, 5.41) is 6.74. The van der Waals surface area contributed by atoms with Crippen LogP contribution in [0.2, 0.25) is 0 Å². The minimum absolute atomic E-state index is 0. The summed E-state index contributed by atoms with van der Waals surface area (Å²) < 4.78 is 5.33. The molecule has 1 saturated carbocycles. The summed E-state index contributed by atoms with van der Waals surface area (Å²) in [5.41, 5.74) is 13.1. The highest BCUT2D eigenvalue weighted by molar-refractivity contribution is 5.85. The van der Waals surface area contributed by atoms with E-state index in [1.54, 1.807) is 0 Å². The van der Waals surface area contributed by atoms with Crippen LogP contribution in [-0.4, -0.2) is 16.2 Å². The normalized spacial score (nSPS) is 16.6. The molecule has 1 atom stereocenters. The number of halogens is 1. The molecular weight excluding hydrogens is 330 g/mol. The van der Waals surface area contributed by atoms with Gasteiger partial charge in [-0.2, -0.15) is 4.98 Å². The van der Waals surface area contributed by atoms with E-state index in [4.69, 9.17) is 16.0 Å². The maximum atomic E-state index is 11.3. The molecule has 1 aliphatic rings. The van der Waals surface area contributed by atoms with Crippen molar-refractivity contribution < 1.29 is 9.32 Å². The van der Waals surface area contributed by atoms with Gasteiger partial charge in [-0.15, -0.1) is 12.4 Å². The van der Waals surface area contributed by atoms with Gasteiger partial charge in [-0.1, -0.05) is 29.4 Å². The number of hydrogen-bond donors (Lipinski definition) is 3. The lowest BCUT2D eigenvalue weighted by atomic mass is 9.77. The zero-order valence-corrected chi connectivity index (χ0v) is 14.3. The summed E-state index contributed by atoms with van der Waals surface area (Å²) in [6.45, 7) is 1.98. The summed E-state index contributed by atoms with van der Waals surface area (Å²) in [7, 11) is 0. The summed E-state index contributed by atoms with van der Waals surface area (Å²) in [6.07, 6.45) is 3.19. The second kappa shape index (κ2) is 7.19. The van der Waals surface area contributed by atoms with Gasteiger partial charge in [0.25, 0.3) is 0 Å². The molecule has 1 aromatic carbocycles. The van der Waals surface area contributed by atoms with Crippen LogP contribution < -0.4 is 16.8 Å². The Labute approximate surface area is 146 Å². The number of aromatic nitrogens is 2. The van der Waals surface area contributed by atoms with E-state index >= 15 is 0 Å². The van der Waals surface area contributed by atoms with Crippen LogP contribution in [0.15, 0.2) is 28.8 Å². The number of carbonyl (C=O) groups is 1. The van der Waals surface area contributed by atoms with Gasteiger partial charge in [-0.05, 0) is 37.3 Å². The Bertz CT molecular complexity index is 714. The minimum atomic E-state index is -0.590. The van der Waals surface area contributed by atoms with Crippen molar-refractivity contribution in [3.63, 3.8) is 0 Å². The highest BCUT2D eigenvalue weighted by Crippen LogP contribution is 2.37. The lowest BCUT2D eigenvalue weighted by Crippen LogP contribution is -2.44. The van der Waals surface area contributed by atoms with Crippen molar-refractivity contribution >= 4 is 18.4 Å². The molecule has 0 spiro atoms. The van der Waals surface area contributed by atoms with E-state index in [9.17, 15) is 4.79 Å². The molecule has 0 bridgehead atoms. The topological polar surface area (TPSA) is 120 Å². The molecule has 1 aromatic heterocycles. The molecule has 2 amide bonds. The van der Waals surface area contributed by atoms with Crippen LogP contribution in [-0.2, 0) is 12.0 Å². The fourth-order valence-corrected chi connectivity index (χ4v) is 2.88. The standard InChI is InChI=1S/C16H21N5O2.ClH/c1-10-5-2-3-6-11(10)12(19-15(17)22)9-13-20-14(21-23-13)16(18)7-4-8-16;/h2-3,5-6,12H,4,7-9,18H2,1H3,(H3,17,19,22);1H. The monoisotopic (exact) mass is 351 g/mol. The summed E-state index contributed by atoms with van der Waals surface area (Å²) in [4.78, 5) is 15.7. The number of hydrogen-bond acceptors (Lipinski definition) is 5. The van der Waals surface area contributed by atoms with Crippen LogP contribution in [0, 0.1) is 6.92 Å². The van der Waals surface area contributed by atoms with Gasteiger partial charge in [0.2, 0.25) is 5.89 Å². The third kappa shape index (κ3) is 3.68. The van der Waals surface area contributed by atoms with E-state index in [1.165, 1.54) is 0 Å². The second-order valence-electron chi connectivity index (χ2n) is 6.14. The molecule has 0 aliphatic heterocycles. The van der Waals surface area contributed by atoms with Gasteiger partial charge < -0.3 is 21.3 Å². The van der Waals surface area contributed by atoms with Gasteiger partial charge in [0.05, 0.1) is 18.0 Å². The van der Waals surface area contributed by atoms with Crippen molar-refractivity contribution in [3.05, 3.63) is 47.1 Å². The number of nitrogens with zero attached hydrogens (tertiary/aromatic N) is 2. The van der Waals surface area contributed by atoms with Crippen LogP contribution >= 0.6 is 12.4 Å². The van der Waals surface area contributed by atoms with Crippen LogP contribution in [0.1, 0.15) is 48.1 Å². The van der Waals surface area contributed by atoms with E-state index in [0.29, 0.717) is 18.1 Å². The molecule has 1 heterocycles. The van der Waals surface area contributed by atoms with Crippen molar-refractivity contribution in [1.82, 2.24) is 15.5 Å². The zero-order chi connectivity index (χ0) is 16.4. The molecule has 24 heavy (non-hydrogen) atoms. The van der Waals surface area contributed by atoms with Gasteiger partial charge in [0, 0.05) is 0 Å². The maximum Gasteiger partial charge on any atom is 0.312 e. The predicted octanol–water partition coefficient (Wildman–Crippen LogP) is 2.09. The quantitative estimate of drug-likeness (QED) is 0.761. The Morgan fingerprint density at radius 3 is 2.71 bits per heavy atom. The third-order valence-corrected chi connectivity index (χ3v) is 4.42. The average Bonchev–Trinajstić information content (AvgIpc) is 2.93. The zero-order valence-electron chi connectivity index (χ0n) is 13.5. The fourth-order valence-electron chi connectivity index (χ4n) is 2.88. The molecule has 0 radical (unpaired) electrons. The first-order valence-electron chi connectivity index (χ1n) is 7.71. The Hall–Kier alpha value is -2.12. The molecule has 1 unspecified atom stereocenters. The second-order valence-corrected chi connectivity index (χ2v) is 6.14. The molecule has 0 saturated heterocycles. The Morgan fingerprint density at radius 2 is 2.12 bits per heavy atom. The van der Waals surface area contributed by atoms with Crippen LogP contribution in [0.3, 0.4) is 0 Å². The lowest BCUT2D eigenvalue weighted by Gasteiger charge is -2.34. The SMILES string of the molecule is Cc1ccccc1C(Cc1nc(C2(N)CCC2)no1)NC(N)=O.Cl. The first-order valence-corrected chi connectivity index (χ1v) is 7.71. The van der Waals surface area contributed by atoms with Crippen LogP contribution in [0.5, 0.6) is 0 Å². The number of primary amides is 1. The third-order valence-electron chi connectivity index (χ3n) is 4.42. The highest BCUT2D eigenvalue weighted by Gasteiger charge is 2.39. The van der Waals surface area contributed by atoms with Crippen molar-refractivity contribution in [3.8, 4) is 0 Å². The lowest BCUT2D eigenvalue weighted by molar-refractivity contribution is 0.228. The van der Waals surface area contributed by atoms with Gasteiger partial charge in [-0.3, -0.25) is 0 Å². The smallest absolute Gasteiger partial charge is 0.312 e. The Morgan fingerprint density at radius 1 is 1.42 bits per heavy atom. The van der Waals surface area contributed by atoms with Crippen molar-refractivity contribution in [2.75, 3.05) is 0 Å².